The van der Waals surface area contributed by atoms with Crippen molar-refractivity contribution < 1.29 is 9.53 Å². The number of carbonyl (C=O) groups is 1. The summed E-state index contributed by atoms with van der Waals surface area (Å²) in [4.78, 5) is 22.4. The Morgan fingerprint density at radius 2 is 1.91 bits per heavy atom. The molecule has 0 radical (unpaired) electrons. The van der Waals surface area contributed by atoms with E-state index >= 15 is 0 Å². The second-order valence-electron chi connectivity index (χ2n) is 9.05. The summed E-state index contributed by atoms with van der Waals surface area (Å²) in [7, 11) is 0. The summed E-state index contributed by atoms with van der Waals surface area (Å²) in [6.07, 6.45) is 6.69. The summed E-state index contributed by atoms with van der Waals surface area (Å²) in [5.74, 6) is 0.903. The molecule has 3 aliphatic rings. The third-order valence-corrected chi connectivity index (χ3v) is 8.29. The van der Waals surface area contributed by atoms with Crippen molar-refractivity contribution in [2.45, 2.75) is 44.2 Å². The number of thiophene rings is 1. The number of pyridine rings is 1. The second-order valence-corrected chi connectivity index (χ2v) is 10.4. The Balaban J connectivity index is 1.22. The first kappa shape index (κ1) is 20.5. The first-order valence-corrected chi connectivity index (χ1v) is 12.8. The molecular formula is C25H26ClN3O2S. The van der Waals surface area contributed by atoms with Gasteiger partial charge in [0.05, 0.1) is 10.2 Å². The lowest BCUT2D eigenvalue weighted by molar-refractivity contribution is -0.139. The van der Waals surface area contributed by atoms with Crippen molar-refractivity contribution in [3.05, 3.63) is 46.4 Å². The largest absolute Gasteiger partial charge is 0.479 e. The van der Waals surface area contributed by atoms with Gasteiger partial charge in [-0.15, -0.1) is 11.3 Å². The molecule has 0 spiro atoms. The van der Waals surface area contributed by atoms with Crippen LogP contribution in [0.5, 0.6) is 5.75 Å². The van der Waals surface area contributed by atoms with Crippen molar-refractivity contribution in [2.24, 2.45) is 0 Å². The average Bonchev–Trinajstić information content (AvgIpc) is 3.58. The number of piperidine rings is 1. The van der Waals surface area contributed by atoms with Crippen LogP contribution in [0.4, 0.5) is 0 Å². The molecule has 0 bridgehead atoms. The number of benzene rings is 1. The zero-order valence-electron chi connectivity index (χ0n) is 17.9. The molecule has 3 aromatic rings. The minimum Gasteiger partial charge on any atom is -0.479 e. The van der Waals surface area contributed by atoms with Crippen molar-refractivity contribution in [2.75, 3.05) is 26.2 Å². The highest BCUT2D eigenvalue weighted by atomic mass is 35.5. The quantitative estimate of drug-likeness (QED) is 0.543. The van der Waals surface area contributed by atoms with Crippen LogP contribution in [0.3, 0.4) is 0 Å². The molecule has 2 saturated heterocycles. The SMILES string of the molecule is O=C([C@H]1Cc2cc(Cl)cc(-c3ccnc4ccsc34)c2O1)N1CCC(N2CCCC2)CC1. The van der Waals surface area contributed by atoms with Crippen molar-refractivity contribution in [1.29, 1.82) is 0 Å². The number of aromatic nitrogens is 1. The number of halogens is 1. The molecule has 32 heavy (non-hydrogen) atoms. The van der Waals surface area contributed by atoms with E-state index in [1.54, 1.807) is 11.3 Å². The third-order valence-electron chi connectivity index (χ3n) is 7.14. The van der Waals surface area contributed by atoms with Gasteiger partial charge in [0, 0.05) is 53.5 Å². The van der Waals surface area contributed by atoms with E-state index in [0.29, 0.717) is 17.5 Å². The molecule has 7 heteroatoms. The lowest BCUT2D eigenvalue weighted by Crippen LogP contribution is -2.49. The Morgan fingerprint density at radius 3 is 2.72 bits per heavy atom. The molecule has 2 aromatic heterocycles. The van der Waals surface area contributed by atoms with Crippen molar-refractivity contribution in [1.82, 2.24) is 14.8 Å². The highest BCUT2D eigenvalue weighted by Crippen LogP contribution is 2.44. The van der Waals surface area contributed by atoms with Crippen LogP contribution in [0, 0.1) is 0 Å². The fraction of sp³-hybridized carbons (Fsp3) is 0.440. The predicted molar refractivity (Wildman–Crippen MR) is 129 cm³/mol. The summed E-state index contributed by atoms with van der Waals surface area (Å²) in [5.41, 5.74) is 3.99. The molecule has 0 saturated carbocycles. The molecule has 0 N–H and O–H groups in total. The monoisotopic (exact) mass is 467 g/mol. The van der Waals surface area contributed by atoms with Gasteiger partial charge in [0.25, 0.3) is 5.91 Å². The molecule has 6 rings (SSSR count). The number of fused-ring (bicyclic) bond motifs is 2. The van der Waals surface area contributed by atoms with E-state index in [1.165, 1.54) is 25.9 Å². The van der Waals surface area contributed by atoms with E-state index in [-0.39, 0.29) is 5.91 Å². The van der Waals surface area contributed by atoms with Crippen LogP contribution in [0.1, 0.15) is 31.2 Å². The van der Waals surface area contributed by atoms with E-state index < -0.39 is 6.10 Å². The van der Waals surface area contributed by atoms with Crippen LogP contribution >= 0.6 is 22.9 Å². The highest BCUT2D eigenvalue weighted by Gasteiger charge is 2.37. The van der Waals surface area contributed by atoms with Crippen LogP contribution in [-0.4, -0.2) is 59.0 Å². The van der Waals surface area contributed by atoms with E-state index in [2.05, 4.69) is 9.88 Å². The maximum absolute atomic E-state index is 13.3. The Labute approximate surface area is 196 Å². The Hall–Kier alpha value is -2.15. The van der Waals surface area contributed by atoms with Crippen LogP contribution in [0.2, 0.25) is 5.02 Å². The minimum absolute atomic E-state index is 0.110. The zero-order chi connectivity index (χ0) is 21.7. The minimum atomic E-state index is -0.466. The molecule has 1 aromatic carbocycles. The van der Waals surface area contributed by atoms with Gasteiger partial charge in [0.15, 0.2) is 6.10 Å². The third kappa shape index (κ3) is 3.58. The van der Waals surface area contributed by atoms with Crippen molar-refractivity contribution in [3.8, 4) is 16.9 Å². The normalized spacial score (nSPS) is 21.8. The number of nitrogens with zero attached hydrogens (tertiary/aromatic N) is 3. The number of likely N-dealkylation sites (tertiary alicyclic amines) is 2. The summed E-state index contributed by atoms with van der Waals surface area (Å²) < 4.78 is 7.45. The molecule has 2 fully saturated rings. The van der Waals surface area contributed by atoms with Gasteiger partial charge in [-0.25, -0.2) is 0 Å². The smallest absolute Gasteiger partial charge is 0.263 e. The van der Waals surface area contributed by atoms with Gasteiger partial charge in [-0.2, -0.15) is 0 Å². The van der Waals surface area contributed by atoms with E-state index in [4.69, 9.17) is 16.3 Å². The fourth-order valence-corrected chi connectivity index (χ4v) is 6.63. The summed E-state index contributed by atoms with van der Waals surface area (Å²) in [5, 5.41) is 2.72. The average molecular weight is 468 g/mol. The molecular weight excluding hydrogens is 442 g/mol. The maximum Gasteiger partial charge on any atom is 0.263 e. The standard InChI is InChI=1S/C25H26ClN3O2S/c26-17-13-16-14-22(25(30)29-10-4-18(5-11-29)28-8-1-2-9-28)31-23(16)20(15-17)19-3-7-27-21-6-12-32-24(19)21/h3,6-7,12-13,15,18,22H,1-2,4-5,8-11,14H2/t22-/m1/s1. The predicted octanol–water partition coefficient (Wildman–Crippen LogP) is 5.01. The molecule has 0 aliphatic carbocycles. The Kier molecular flexibility index (Phi) is 5.32. The first-order chi connectivity index (χ1) is 15.7. The second kappa shape index (κ2) is 8.32. The van der Waals surface area contributed by atoms with Crippen LogP contribution in [0.15, 0.2) is 35.8 Å². The summed E-state index contributed by atoms with van der Waals surface area (Å²) >= 11 is 8.15. The lowest BCUT2D eigenvalue weighted by Gasteiger charge is -2.37. The van der Waals surface area contributed by atoms with Crippen LogP contribution in [-0.2, 0) is 11.2 Å². The van der Waals surface area contributed by atoms with E-state index in [0.717, 1.165) is 58.6 Å². The Morgan fingerprint density at radius 1 is 1.09 bits per heavy atom. The van der Waals surface area contributed by atoms with Gasteiger partial charge in [0.2, 0.25) is 0 Å². The maximum atomic E-state index is 13.3. The first-order valence-electron chi connectivity index (χ1n) is 11.5. The number of hydrogen-bond donors (Lipinski definition) is 0. The molecule has 1 atom stereocenters. The molecule has 0 unspecified atom stereocenters. The lowest BCUT2D eigenvalue weighted by atomic mass is 10.00. The van der Waals surface area contributed by atoms with Gasteiger partial charge in [-0.1, -0.05) is 11.6 Å². The van der Waals surface area contributed by atoms with E-state index in [1.807, 2.05) is 40.7 Å². The van der Waals surface area contributed by atoms with Crippen molar-refractivity contribution in [3.63, 3.8) is 0 Å². The fourth-order valence-electron chi connectivity index (χ4n) is 5.51. The highest BCUT2D eigenvalue weighted by molar-refractivity contribution is 7.17. The van der Waals surface area contributed by atoms with Crippen LogP contribution in [0.25, 0.3) is 21.3 Å². The Bertz CT molecular complexity index is 1170. The number of hydrogen-bond acceptors (Lipinski definition) is 5. The molecule has 166 valence electrons. The van der Waals surface area contributed by atoms with Gasteiger partial charge >= 0.3 is 0 Å². The molecule has 1 amide bonds. The number of amides is 1. The molecule has 5 heterocycles. The summed E-state index contributed by atoms with van der Waals surface area (Å²) in [6, 6.07) is 8.55. The molecule has 3 aliphatic heterocycles. The van der Waals surface area contributed by atoms with Gasteiger partial charge in [-0.3, -0.25) is 9.78 Å². The topological polar surface area (TPSA) is 45.7 Å². The number of ether oxygens (including phenoxy) is 1. The molecule has 5 nitrogen and oxygen atoms in total. The van der Waals surface area contributed by atoms with Crippen molar-refractivity contribution >= 4 is 39.1 Å². The van der Waals surface area contributed by atoms with Crippen LogP contribution < -0.4 is 4.74 Å². The number of carbonyl (C=O) groups excluding carboxylic acids is 1. The van der Waals surface area contributed by atoms with Gasteiger partial charge < -0.3 is 14.5 Å². The zero-order valence-corrected chi connectivity index (χ0v) is 19.5. The summed E-state index contributed by atoms with van der Waals surface area (Å²) in [6.45, 7) is 4.08. The van der Waals surface area contributed by atoms with E-state index in [9.17, 15) is 4.79 Å². The van der Waals surface area contributed by atoms with Gasteiger partial charge in [-0.05, 0) is 68.4 Å². The van der Waals surface area contributed by atoms with Gasteiger partial charge in [0.1, 0.15) is 5.75 Å². The number of rotatable bonds is 3.